The summed E-state index contributed by atoms with van der Waals surface area (Å²) in [6.45, 7) is 0. The lowest BCUT2D eigenvalue weighted by Gasteiger charge is -2.10. The van der Waals surface area contributed by atoms with Crippen LogP contribution in [0.1, 0.15) is 5.69 Å². The van der Waals surface area contributed by atoms with Gasteiger partial charge in [-0.3, -0.25) is 0 Å². The van der Waals surface area contributed by atoms with E-state index in [2.05, 4.69) is 25.9 Å². The van der Waals surface area contributed by atoms with Gasteiger partial charge in [-0.25, -0.2) is 9.37 Å². The maximum atomic E-state index is 13.1. The normalized spacial score (nSPS) is 11.4. The largest absolute Gasteiger partial charge is 0.438 e. The van der Waals surface area contributed by atoms with Crippen molar-refractivity contribution in [1.29, 1.82) is 0 Å². The van der Waals surface area contributed by atoms with Crippen LogP contribution in [0.15, 0.2) is 28.7 Å². The summed E-state index contributed by atoms with van der Waals surface area (Å²) in [5.74, 6) is -1.67. The molecule has 0 aliphatic carbocycles. The fourth-order valence-electron chi connectivity index (χ4n) is 1.31. The highest BCUT2D eigenvalue weighted by Crippen LogP contribution is 2.33. The molecule has 0 spiro atoms. The second-order valence-corrected chi connectivity index (χ2v) is 4.48. The highest BCUT2D eigenvalue weighted by atomic mass is 79.9. The summed E-state index contributed by atoms with van der Waals surface area (Å²) in [5, 5.41) is 0. The Kier molecular flexibility index (Phi) is 3.80. The Morgan fingerprint density at radius 2 is 1.85 bits per heavy atom. The molecular weight excluding hydrogens is 346 g/mol. The first kappa shape index (κ1) is 14.5. The number of alkyl halides is 3. The number of nitrogens with two attached hydrogens (primary N) is 1. The molecule has 0 fully saturated rings. The van der Waals surface area contributed by atoms with E-state index in [1.165, 1.54) is 6.07 Å². The minimum Gasteiger partial charge on any atom is -0.438 e. The van der Waals surface area contributed by atoms with Crippen molar-refractivity contribution in [2.75, 3.05) is 5.73 Å². The van der Waals surface area contributed by atoms with E-state index in [0.717, 1.165) is 12.1 Å². The van der Waals surface area contributed by atoms with Crippen molar-refractivity contribution in [3.8, 4) is 11.6 Å². The third-order valence-corrected chi connectivity index (χ3v) is 2.77. The van der Waals surface area contributed by atoms with Crippen LogP contribution in [0.2, 0.25) is 0 Å². The minimum absolute atomic E-state index is 0.0313. The van der Waals surface area contributed by atoms with Crippen molar-refractivity contribution in [3.63, 3.8) is 0 Å². The van der Waals surface area contributed by atoms with Crippen LogP contribution in [0.5, 0.6) is 11.6 Å². The van der Waals surface area contributed by atoms with Crippen molar-refractivity contribution in [1.82, 2.24) is 9.97 Å². The summed E-state index contributed by atoms with van der Waals surface area (Å²) in [7, 11) is 0. The highest BCUT2D eigenvalue weighted by molar-refractivity contribution is 9.10. The summed E-state index contributed by atoms with van der Waals surface area (Å²) >= 11 is 3.08. The molecule has 2 rings (SSSR count). The van der Waals surface area contributed by atoms with Crippen molar-refractivity contribution in [2.24, 2.45) is 0 Å². The molecule has 106 valence electrons. The monoisotopic (exact) mass is 351 g/mol. The van der Waals surface area contributed by atoms with Crippen molar-refractivity contribution in [2.45, 2.75) is 6.18 Å². The van der Waals surface area contributed by atoms with E-state index >= 15 is 0 Å². The number of rotatable bonds is 2. The van der Waals surface area contributed by atoms with Gasteiger partial charge in [0.25, 0.3) is 0 Å². The molecule has 20 heavy (non-hydrogen) atoms. The molecule has 0 radical (unpaired) electrons. The van der Waals surface area contributed by atoms with Crippen LogP contribution in [0.4, 0.5) is 23.5 Å². The molecule has 1 aromatic heterocycles. The first-order valence-corrected chi connectivity index (χ1v) is 5.89. The van der Waals surface area contributed by atoms with Gasteiger partial charge in [-0.15, -0.1) is 0 Å². The van der Waals surface area contributed by atoms with Gasteiger partial charge in [0.15, 0.2) is 5.69 Å². The number of hydrogen-bond acceptors (Lipinski definition) is 4. The Bertz CT molecular complexity index is 648. The maximum Gasteiger partial charge on any atom is 0.433 e. The van der Waals surface area contributed by atoms with Gasteiger partial charge in [0, 0.05) is 12.1 Å². The average molecular weight is 352 g/mol. The van der Waals surface area contributed by atoms with E-state index < -0.39 is 29.5 Å². The zero-order chi connectivity index (χ0) is 14.9. The zero-order valence-electron chi connectivity index (χ0n) is 9.58. The summed E-state index contributed by atoms with van der Waals surface area (Å²) in [6, 6.07) is 4.08. The smallest absolute Gasteiger partial charge is 0.433 e. The molecule has 0 saturated carbocycles. The van der Waals surface area contributed by atoms with E-state index in [0.29, 0.717) is 10.5 Å². The zero-order valence-corrected chi connectivity index (χ0v) is 11.2. The van der Waals surface area contributed by atoms with Gasteiger partial charge in [-0.05, 0) is 28.1 Å². The molecule has 0 atom stereocenters. The lowest BCUT2D eigenvalue weighted by atomic mass is 10.3. The van der Waals surface area contributed by atoms with E-state index in [1.54, 1.807) is 0 Å². The summed E-state index contributed by atoms with van der Waals surface area (Å²) < 4.78 is 56.2. The predicted molar refractivity (Wildman–Crippen MR) is 65.6 cm³/mol. The summed E-state index contributed by atoms with van der Waals surface area (Å²) in [4.78, 5) is 6.58. The second kappa shape index (κ2) is 5.23. The molecule has 0 aliphatic rings. The van der Waals surface area contributed by atoms with E-state index in [9.17, 15) is 17.6 Å². The third-order valence-electron chi connectivity index (χ3n) is 2.12. The number of nitrogens with zero attached hydrogens (tertiary/aromatic N) is 2. The standard InChI is InChI=1S/C11H6BrF4N3O/c12-6-2-1-5(13)3-7(6)20-9-4-8(11(14,15)16)18-10(17)19-9/h1-4H,(H2,17,18,19). The maximum absolute atomic E-state index is 13.1. The molecular formula is C11H6BrF4N3O. The van der Waals surface area contributed by atoms with Crippen LogP contribution in [0.3, 0.4) is 0 Å². The molecule has 1 heterocycles. The molecule has 0 bridgehead atoms. The van der Waals surface area contributed by atoms with Crippen molar-refractivity contribution < 1.29 is 22.3 Å². The van der Waals surface area contributed by atoms with Gasteiger partial charge < -0.3 is 10.5 Å². The number of ether oxygens (including phenoxy) is 1. The third kappa shape index (κ3) is 3.35. The number of aromatic nitrogens is 2. The molecule has 0 aliphatic heterocycles. The summed E-state index contributed by atoms with van der Waals surface area (Å²) in [5.41, 5.74) is 3.95. The average Bonchev–Trinajstić information content (AvgIpc) is 2.32. The fourth-order valence-corrected chi connectivity index (χ4v) is 1.64. The molecule has 9 heteroatoms. The van der Waals surface area contributed by atoms with Crippen LogP contribution in [0.25, 0.3) is 0 Å². The molecule has 1 aromatic carbocycles. The van der Waals surface area contributed by atoms with Gasteiger partial charge in [0.1, 0.15) is 11.6 Å². The molecule has 0 amide bonds. The number of anilines is 1. The molecule has 0 unspecified atom stereocenters. The van der Waals surface area contributed by atoms with Crippen molar-refractivity contribution in [3.05, 3.63) is 40.2 Å². The van der Waals surface area contributed by atoms with Crippen molar-refractivity contribution >= 4 is 21.9 Å². The van der Waals surface area contributed by atoms with E-state index in [4.69, 9.17) is 10.5 Å². The lowest BCUT2D eigenvalue weighted by molar-refractivity contribution is -0.141. The van der Waals surface area contributed by atoms with Crippen LogP contribution in [-0.2, 0) is 6.18 Å². The summed E-state index contributed by atoms with van der Waals surface area (Å²) in [6.07, 6.45) is -4.69. The second-order valence-electron chi connectivity index (χ2n) is 3.62. The Hall–Kier alpha value is -1.90. The quantitative estimate of drug-likeness (QED) is 0.836. The number of nitrogen functional groups attached to an aromatic ring is 1. The predicted octanol–water partition coefficient (Wildman–Crippen LogP) is 3.77. The Morgan fingerprint density at radius 3 is 2.50 bits per heavy atom. The SMILES string of the molecule is Nc1nc(Oc2cc(F)ccc2Br)cc(C(F)(F)F)n1. The van der Waals surface area contributed by atoms with Crippen LogP contribution < -0.4 is 10.5 Å². The van der Waals surface area contributed by atoms with Crippen LogP contribution in [-0.4, -0.2) is 9.97 Å². The molecule has 2 N–H and O–H groups in total. The van der Waals surface area contributed by atoms with E-state index in [1.807, 2.05) is 0 Å². The fraction of sp³-hybridized carbons (Fsp3) is 0.0909. The molecule has 0 saturated heterocycles. The lowest BCUT2D eigenvalue weighted by Crippen LogP contribution is -2.11. The number of hydrogen-bond donors (Lipinski definition) is 1. The van der Waals surface area contributed by atoms with Gasteiger partial charge in [-0.1, -0.05) is 0 Å². The Morgan fingerprint density at radius 1 is 1.15 bits per heavy atom. The van der Waals surface area contributed by atoms with Gasteiger partial charge in [0.05, 0.1) is 4.47 Å². The van der Waals surface area contributed by atoms with Crippen LogP contribution in [0, 0.1) is 5.82 Å². The molecule has 4 nitrogen and oxygen atoms in total. The first-order chi connectivity index (χ1) is 9.25. The number of halogens is 5. The first-order valence-electron chi connectivity index (χ1n) is 5.10. The topological polar surface area (TPSA) is 61.0 Å². The minimum atomic E-state index is -4.69. The van der Waals surface area contributed by atoms with Gasteiger partial charge in [-0.2, -0.15) is 18.2 Å². The molecule has 2 aromatic rings. The van der Waals surface area contributed by atoms with Gasteiger partial charge >= 0.3 is 6.18 Å². The van der Waals surface area contributed by atoms with E-state index in [-0.39, 0.29) is 5.75 Å². The Labute approximate surface area is 118 Å². The van der Waals surface area contributed by atoms with Gasteiger partial charge in [0.2, 0.25) is 11.8 Å². The highest BCUT2D eigenvalue weighted by Gasteiger charge is 2.33. The van der Waals surface area contributed by atoms with Crippen LogP contribution >= 0.6 is 15.9 Å². The number of benzene rings is 1. The Balaban J connectivity index is 2.39.